The van der Waals surface area contributed by atoms with E-state index in [1.165, 1.54) is 10.6 Å². The van der Waals surface area contributed by atoms with Gasteiger partial charge < -0.3 is 15.0 Å². The smallest absolute Gasteiger partial charge is 0.255 e. The van der Waals surface area contributed by atoms with Crippen LogP contribution in [0.4, 0.5) is 20.4 Å². The van der Waals surface area contributed by atoms with E-state index < -0.39 is 17.5 Å². The molecule has 1 aromatic heterocycles. The van der Waals surface area contributed by atoms with Crippen molar-refractivity contribution in [3.8, 4) is 0 Å². The van der Waals surface area contributed by atoms with Gasteiger partial charge in [-0.05, 0) is 19.1 Å². The molecule has 3 rings (SSSR count). The van der Waals surface area contributed by atoms with Crippen LogP contribution in [0.3, 0.4) is 0 Å². The molecule has 1 aliphatic heterocycles. The summed E-state index contributed by atoms with van der Waals surface area (Å²) in [4.78, 5) is 30.9. The maximum Gasteiger partial charge on any atom is 0.255 e. The number of ether oxygens (including phenoxy) is 1. The lowest BCUT2D eigenvalue weighted by Crippen LogP contribution is -2.41. The molecule has 1 saturated heterocycles. The SMILES string of the molecule is Cc1cc(=O)n(CC(=O)Nc2cc(F)cc(F)c2)c(N2CCOCC2)n1. The number of amides is 1. The van der Waals surface area contributed by atoms with Gasteiger partial charge in [0.05, 0.1) is 13.2 Å². The second-order valence-corrected chi connectivity index (χ2v) is 5.93. The minimum atomic E-state index is -0.802. The van der Waals surface area contributed by atoms with Crippen LogP contribution >= 0.6 is 0 Å². The van der Waals surface area contributed by atoms with Crippen LogP contribution in [-0.2, 0) is 16.1 Å². The summed E-state index contributed by atoms with van der Waals surface area (Å²) >= 11 is 0. The molecule has 138 valence electrons. The number of nitrogens with one attached hydrogen (secondary N) is 1. The van der Waals surface area contributed by atoms with Gasteiger partial charge in [0, 0.05) is 36.6 Å². The van der Waals surface area contributed by atoms with E-state index in [1.54, 1.807) is 6.92 Å². The van der Waals surface area contributed by atoms with Crippen LogP contribution in [0.25, 0.3) is 0 Å². The fourth-order valence-corrected chi connectivity index (χ4v) is 2.73. The molecule has 1 amide bonds. The molecule has 0 radical (unpaired) electrons. The van der Waals surface area contributed by atoms with Crippen molar-refractivity contribution in [2.75, 3.05) is 36.5 Å². The fraction of sp³-hybridized carbons (Fsp3) is 0.353. The second-order valence-electron chi connectivity index (χ2n) is 5.93. The summed E-state index contributed by atoms with van der Waals surface area (Å²) in [6.45, 7) is 3.47. The number of nitrogens with zero attached hydrogens (tertiary/aromatic N) is 3. The zero-order valence-electron chi connectivity index (χ0n) is 14.2. The predicted octanol–water partition coefficient (Wildman–Crippen LogP) is 1.31. The normalized spacial score (nSPS) is 14.3. The third kappa shape index (κ3) is 4.23. The first-order valence-corrected chi connectivity index (χ1v) is 8.09. The first-order chi connectivity index (χ1) is 12.4. The minimum absolute atomic E-state index is 0.0199. The number of aryl methyl sites for hydroxylation is 1. The van der Waals surface area contributed by atoms with E-state index in [-0.39, 0.29) is 17.8 Å². The number of hydrogen-bond acceptors (Lipinski definition) is 5. The van der Waals surface area contributed by atoms with Crippen molar-refractivity contribution < 1.29 is 18.3 Å². The van der Waals surface area contributed by atoms with E-state index in [0.717, 1.165) is 12.1 Å². The molecule has 2 aromatic rings. The van der Waals surface area contributed by atoms with Gasteiger partial charge in [0.25, 0.3) is 5.56 Å². The molecule has 0 spiro atoms. The van der Waals surface area contributed by atoms with Crippen LogP contribution in [0.1, 0.15) is 5.69 Å². The maximum absolute atomic E-state index is 13.2. The number of hydrogen-bond donors (Lipinski definition) is 1. The van der Waals surface area contributed by atoms with Gasteiger partial charge in [0.2, 0.25) is 11.9 Å². The Morgan fingerprint density at radius 1 is 1.19 bits per heavy atom. The van der Waals surface area contributed by atoms with E-state index in [4.69, 9.17) is 4.74 Å². The fourth-order valence-electron chi connectivity index (χ4n) is 2.73. The highest BCUT2D eigenvalue weighted by atomic mass is 19.1. The topological polar surface area (TPSA) is 76.5 Å². The van der Waals surface area contributed by atoms with Gasteiger partial charge in [0.15, 0.2) is 0 Å². The highest BCUT2D eigenvalue weighted by molar-refractivity contribution is 5.90. The molecular formula is C17H18F2N4O3. The van der Waals surface area contributed by atoms with Crippen molar-refractivity contribution in [2.45, 2.75) is 13.5 Å². The monoisotopic (exact) mass is 364 g/mol. The highest BCUT2D eigenvalue weighted by Crippen LogP contribution is 2.15. The van der Waals surface area contributed by atoms with E-state index in [0.29, 0.717) is 44.0 Å². The Morgan fingerprint density at radius 3 is 2.50 bits per heavy atom. The van der Waals surface area contributed by atoms with Crippen LogP contribution in [0.5, 0.6) is 0 Å². The number of benzene rings is 1. The van der Waals surface area contributed by atoms with Gasteiger partial charge in [-0.1, -0.05) is 0 Å². The first kappa shape index (κ1) is 18.0. The van der Waals surface area contributed by atoms with Gasteiger partial charge in [-0.15, -0.1) is 0 Å². The molecule has 1 aromatic carbocycles. The number of rotatable bonds is 4. The van der Waals surface area contributed by atoms with Crippen molar-refractivity contribution in [2.24, 2.45) is 0 Å². The lowest BCUT2D eigenvalue weighted by atomic mass is 10.3. The van der Waals surface area contributed by atoms with E-state index in [2.05, 4.69) is 10.3 Å². The Hall–Kier alpha value is -2.81. The molecule has 1 N–H and O–H groups in total. The third-order valence-electron chi connectivity index (χ3n) is 3.86. The molecule has 1 fully saturated rings. The van der Waals surface area contributed by atoms with Crippen LogP contribution in [-0.4, -0.2) is 41.8 Å². The van der Waals surface area contributed by atoms with Gasteiger partial charge in [-0.3, -0.25) is 14.2 Å². The summed E-state index contributed by atoms with van der Waals surface area (Å²) in [5.74, 6) is -1.82. The average Bonchev–Trinajstić information content (AvgIpc) is 2.57. The summed E-state index contributed by atoms with van der Waals surface area (Å²) in [6.07, 6.45) is 0. The Morgan fingerprint density at radius 2 is 1.85 bits per heavy atom. The lowest BCUT2D eigenvalue weighted by molar-refractivity contribution is -0.116. The largest absolute Gasteiger partial charge is 0.378 e. The van der Waals surface area contributed by atoms with Gasteiger partial charge in [-0.2, -0.15) is 0 Å². The molecule has 0 atom stereocenters. The second kappa shape index (κ2) is 7.61. The summed E-state index contributed by atoms with van der Waals surface area (Å²) in [5, 5.41) is 2.39. The van der Waals surface area contributed by atoms with Crippen LogP contribution in [0.15, 0.2) is 29.1 Å². The number of carbonyl (C=O) groups is 1. The number of carbonyl (C=O) groups excluding carboxylic acids is 1. The van der Waals surface area contributed by atoms with E-state index in [9.17, 15) is 18.4 Å². The average molecular weight is 364 g/mol. The van der Waals surface area contributed by atoms with E-state index in [1.807, 2.05) is 4.90 Å². The lowest BCUT2D eigenvalue weighted by Gasteiger charge is -2.29. The zero-order valence-corrected chi connectivity index (χ0v) is 14.2. The highest BCUT2D eigenvalue weighted by Gasteiger charge is 2.19. The van der Waals surface area contributed by atoms with Gasteiger partial charge >= 0.3 is 0 Å². The summed E-state index contributed by atoms with van der Waals surface area (Å²) < 4.78 is 33.0. The van der Waals surface area contributed by atoms with Gasteiger partial charge in [-0.25, -0.2) is 13.8 Å². The van der Waals surface area contributed by atoms with Crippen LogP contribution in [0.2, 0.25) is 0 Å². The Bertz CT molecular complexity index is 859. The van der Waals surface area contributed by atoms with Crippen LogP contribution in [0, 0.1) is 18.6 Å². The van der Waals surface area contributed by atoms with Crippen molar-refractivity contribution in [3.05, 3.63) is 51.9 Å². The molecule has 9 heteroatoms. The van der Waals surface area contributed by atoms with Crippen molar-refractivity contribution in [3.63, 3.8) is 0 Å². The molecule has 0 saturated carbocycles. The zero-order chi connectivity index (χ0) is 18.7. The molecule has 1 aliphatic rings. The van der Waals surface area contributed by atoms with Crippen molar-refractivity contribution in [1.82, 2.24) is 9.55 Å². The molecule has 0 bridgehead atoms. The van der Waals surface area contributed by atoms with Crippen molar-refractivity contribution >= 4 is 17.5 Å². The number of halogens is 2. The summed E-state index contributed by atoms with van der Waals surface area (Å²) in [7, 11) is 0. The number of anilines is 2. The predicted molar refractivity (Wildman–Crippen MR) is 91.3 cm³/mol. The summed E-state index contributed by atoms with van der Waals surface area (Å²) in [5.41, 5.74) is 0.147. The Labute approximate surface area is 148 Å². The number of morpholine rings is 1. The standard InChI is InChI=1S/C17H18F2N4O3/c1-11-6-16(25)23(17(20-11)22-2-4-26-5-3-22)10-15(24)21-14-8-12(18)7-13(19)9-14/h6-9H,2-5,10H2,1H3,(H,21,24). The quantitative estimate of drug-likeness (QED) is 0.885. The minimum Gasteiger partial charge on any atom is -0.378 e. The molecule has 0 aliphatic carbocycles. The molecule has 7 nitrogen and oxygen atoms in total. The Balaban J connectivity index is 1.84. The third-order valence-corrected chi connectivity index (χ3v) is 3.86. The molecule has 26 heavy (non-hydrogen) atoms. The maximum atomic E-state index is 13.2. The van der Waals surface area contributed by atoms with Crippen molar-refractivity contribution in [1.29, 1.82) is 0 Å². The first-order valence-electron chi connectivity index (χ1n) is 8.09. The molecule has 2 heterocycles. The Kier molecular flexibility index (Phi) is 5.27. The summed E-state index contributed by atoms with van der Waals surface area (Å²) in [6, 6.07) is 4.04. The van der Waals surface area contributed by atoms with E-state index >= 15 is 0 Å². The molecule has 0 unspecified atom stereocenters. The van der Waals surface area contributed by atoms with Gasteiger partial charge in [0.1, 0.15) is 18.2 Å². The van der Waals surface area contributed by atoms with Crippen LogP contribution < -0.4 is 15.8 Å². The number of aromatic nitrogens is 2. The molecular weight excluding hydrogens is 346 g/mol.